The van der Waals surface area contributed by atoms with E-state index in [1.54, 1.807) is 6.92 Å². The van der Waals surface area contributed by atoms with Crippen LogP contribution in [-0.4, -0.2) is 54.4 Å². The number of halogens is 1. The molecule has 1 aromatic carbocycles. The summed E-state index contributed by atoms with van der Waals surface area (Å²) < 4.78 is 37.0. The largest absolute Gasteiger partial charge is 0.478 e. The lowest BCUT2D eigenvalue weighted by atomic mass is 10.1. The first kappa shape index (κ1) is 17.4. The number of carbonyl (C=O) groups excluding carboxylic acids is 1. The summed E-state index contributed by atoms with van der Waals surface area (Å²) in [4.78, 5) is 24.8. The Balaban J connectivity index is 2.30. The van der Waals surface area contributed by atoms with E-state index in [2.05, 4.69) is 0 Å². The first-order valence-corrected chi connectivity index (χ1v) is 9.19. The zero-order chi connectivity index (χ0) is 17.4. The number of nitrogens with zero attached hydrogens (tertiary/aromatic N) is 1. The van der Waals surface area contributed by atoms with Crippen LogP contribution in [0.3, 0.4) is 0 Å². The number of hydrogen-bond acceptors (Lipinski definition) is 4. The van der Waals surface area contributed by atoms with Crippen molar-refractivity contribution in [3.05, 3.63) is 35.1 Å². The van der Waals surface area contributed by atoms with Gasteiger partial charge in [0.05, 0.1) is 16.9 Å². The standard InChI is InChI=1S/C15H18FNO5S/c1-9(8-23(2,21)22)17(11-4-5-11)14(18)12-6-3-10(15(19)20)7-13(12)16/h3,6-7,9,11H,4-5,8H2,1-2H3,(H,19,20). The number of carbonyl (C=O) groups is 2. The highest BCUT2D eigenvalue weighted by atomic mass is 32.2. The summed E-state index contributed by atoms with van der Waals surface area (Å²) in [6, 6.07) is 2.40. The molecule has 1 fully saturated rings. The molecular weight excluding hydrogens is 325 g/mol. The molecule has 0 heterocycles. The predicted molar refractivity (Wildman–Crippen MR) is 81.7 cm³/mol. The van der Waals surface area contributed by atoms with Crippen LogP contribution < -0.4 is 0 Å². The third-order valence-corrected chi connectivity index (χ3v) is 4.73. The van der Waals surface area contributed by atoms with Crippen molar-refractivity contribution >= 4 is 21.7 Å². The van der Waals surface area contributed by atoms with Crippen molar-refractivity contribution in [3.8, 4) is 0 Å². The molecule has 0 aromatic heterocycles. The van der Waals surface area contributed by atoms with Crippen molar-refractivity contribution in [2.45, 2.75) is 31.8 Å². The van der Waals surface area contributed by atoms with E-state index in [1.165, 1.54) is 4.90 Å². The van der Waals surface area contributed by atoms with Gasteiger partial charge in [0.1, 0.15) is 15.7 Å². The number of benzene rings is 1. The molecule has 8 heteroatoms. The van der Waals surface area contributed by atoms with E-state index in [0.29, 0.717) is 0 Å². The number of amides is 1. The molecule has 1 aromatic rings. The molecule has 1 N–H and O–H groups in total. The van der Waals surface area contributed by atoms with Crippen LogP contribution in [0.5, 0.6) is 0 Å². The Morgan fingerprint density at radius 3 is 2.43 bits per heavy atom. The number of aromatic carboxylic acids is 1. The molecule has 0 aliphatic heterocycles. The van der Waals surface area contributed by atoms with Crippen LogP contribution in [0, 0.1) is 5.82 Å². The van der Waals surface area contributed by atoms with Gasteiger partial charge in [-0.2, -0.15) is 0 Å². The van der Waals surface area contributed by atoms with Crippen molar-refractivity contribution in [3.63, 3.8) is 0 Å². The maximum atomic E-state index is 14.1. The number of carboxylic acids is 1. The van der Waals surface area contributed by atoms with Gasteiger partial charge in [-0.05, 0) is 38.0 Å². The quantitative estimate of drug-likeness (QED) is 0.846. The monoisotopic (exact) mass is 343 g/mol. The Morgan fingerprint density at radius 2 is 2.00 bits per heavy atom. The summed E-state index contributed by atoms with van der Waals surface area (Å²) in [6.07, 6.45) is 2.57. The third kappa shape index (κ3) is 4.28. The maximum absolute atomic E-state index is 14.1. The van der Waals surface area contributed by atoms with Crippen molar-refractivity contribution in [2.24, 2.45) is 0 Å². The first-order chi connectivity index (χ1) is 10.6. The second-order valence-electron chi connectivity index (χ2n) is 5.88. The second kappa shape index (κ2) is 6.27. The van der Waals surface area contributed by atoms with Gasteiger partial charge in [-0.1, -0.05) is 0 Å². The van der Waals surface area contributed by atoms with Gasteiger partial charge in [0, 0.05) is 18.3 Å². The number of rotatable bonds is 6. The summed E-state index contributed by atoms with van der Waals surface area (Å²) in [5, 5.41) is 8.83. The van der Waals surface area contributed by atoms with Crippen LogP contribution in [0.2, 0.25) is 0 Å². The lowest BCUT2D eigenvalue weighted by Gasteiger charge is -2.29. The Bertz CT molecular complexity index is 742. The molecule has 126 valence electrons. The molecule has 23 heavy (non-hydrogen) atoms. The Labute approximate surface area is 133 Å². The molecule has 0 bridgehead atoms. The summed E-state index contributed by atoms with van der Waals surface area (Å²) in [6.45, 7) is 1.61. The highest BCUT2D eigenvalue weighted by molar-refractivity contribution is 7.90. The van der Waals surface area contributed by atoms with Gasteiger partial charge in [0.15, 0.2) is 0 Å². The molecule has 1 atom stereocenters. The van der Waals surface area contributed by atoms with Gasteiger partial charge >= 0.3 is 5.97 Å². The van der Waals surface area contributed by atoms with Crippen LogP contribution in [0.15, 0.2) is 18.2 Å². The van der Waals surface area contributed by atoms with Crippen LogP contribution in [0.25, 0.3) is 0 Å². The minimum Gasteiger partial charge on any atom is -0.478 e. The van der Waals surface area contributed by atoms with Gasteiger partial charge in [-0.25, -0.2) is 17.6 Å². The topological polar surface area (TPSA) is 91.8 Å². The van der Waals surface area contributed by atoms with E-state index in [1.807, 2.05) is 0 Å². The molecule has 2 rings (SSSR count). The molecular formula is C15H18FNO5S. The van der Waals surface area contributed by atoms with Crippen LogP contribution >= 0.6 is 0 Å². The summed E-state index contributed by atoms with van der Waals surface area (Å²) >= 11 is 0. The minimum atomic E-state index is -3.28. The number of hydrogen-bond donors (Lipinski definition) is 1. The fourth-order valence-electron chi connectivity index (χ4n) is 2.56. The minimum absolute atomic E-state index is 0.0993. The lowest BCUT2D eigenvalue weighted by molar-refractivity contribution is 0.0675. The first-order valence-electron chi connectivity index (χ1n) is 7.13. The van der Waals surface area contributed by atoms with E-state index in [9.17, 15) is 22.4 Å². The average Bonchev–Trinajstić information content (AvgIpc) is 3.20. The van der Waals surface area contributed by atoms with Crippen molar-refractivity contribution in [1.29, 1.82) is 0 Å². The molecule has 1 saturated carbocycles. The SMILES string of the molecule is CC(CS(C)(=O)=O)N(C(=O)c1ccc(C(=O)O)cc1F)C1CC1. The second-order valence-corrected chi connectivity index (χ2v) is 8.07. The molecule has 0 saturated heterocycles. The Morgan fingerprint density at radius 1 is 1.39 bits per heavy atom. The van der Waals surface area contributed by atoms with E-state index < -0.39 is 33.6 Å². The Kier molecular flexibility index (Phi) is 4.74. The zero-order valence-electron chi connectivity index (χ0n) is 12.8. The molecule has 0 spiro atoms. The van der Waals surface area contributed by atoms with E-state index in [4.69, 9.17) is 5.11 Å². The average molecular weight is 343 g/mol. The van der Waals surface area contributed by atoms with Crippen LogP contribution in [-0.2, 0) is 9.84 Å². The molecule has 6 nitrogen and oxygen atoms in total. The van der Waals surface area contributed by atoms with Gasteiger partial charge < -0.3 is 10.0 Å². The predicted octanol–water partition coefficient (Wildman–Crippen LogP) is 1.56. The molecule has 1 unspecified atom stereocenters. The zero-order valence-corrected chi connectivity index (χ0v) is 13.6. The van der Waals surface area contributed by atoms with E-state index in [-0.39, 0.29) is 22.9 Å². The summed E-state index contributed by atoms with van der Waals surface area (Å²) in [7, 11) is -3.28. The number of carboxylic acid groups (broad SMARTS) is 1. The van der Waals surface area contributed by atoms with Gasteiger partial charge in [-0.15, -0.1) is 0 Å². The van der Waals surface area contributed by atoms with Gasteiger partial charge in [0.25, 0.3) is 5.91 Å². The third-order valence-electron chi connectivity index (χ3n) is 3.64. The van der Waals surface area contributed by atoms with Gasteiger partial charge in [-0.3, -0.25) is 4.79 Å². The number of sulfone groups is 1. The molecule has 1 amide bonds. The van der Waals surface area contributed by atoms with Crippen molar-refractivity contribution < 1.29 is 27.5 Å². The summed E-state index contributed by atoms with van der Waals surface area (Å²) in [5.41, 5.74) is -0.497. The van der Waals surface area contributed by atoms with Crippen molar-refractivity contribution in [2.75, 3.05) is 12.0 Å². The highest BCUT2D eigenvalue weighted by Gasteiger charge is 2.38. The van der Waals surface area contributed by atoms with E-state index >= 15 is 0 Å². The highest BCUT2D eigenvalue weighted by Crippen LogP contribution is 2.31. The van der Waals surface area contributed by atoms with E-state index in [0.717, 1.165) is 37.3 Å². The Hall–Kier alpha value is -1.96. The lowest BCUT2D eigenvalue weighted by Crippen LogP contribution is -2.44. The normalized spacial score (nSPS) is 16.0. The molecule has 0 radical (unpaired) electrons. The van der Waals surface area contributed by atoms with Gasteiger partial charge in [0.2, 0.25) is 0 Å². The summed E-state index contributed by atoms with van der Waals surface area (Å²) in [5.74, 6) is -3.03. The van der Waals surface area contributed by atoms with Crippen LogP contribution in [0.1, 0.15) is 40.5 Å². The fourth-order valence-corrected chi connectivity index (χ4v) is 3.59. The van der Waals surface area contributed by atoms with Crippen molar-refractivity contribution in [1.82, 2.24) is 4.90 Å². The fraction of sp³-hybridized carbons (Fsp3) is 0.467. The van der Waals surface area contributed by atoms with Crippen LogP contribution in [0.4, 0.5) is 4.39 Å². The molecule has 1 aliphatic rings. The molecule has 1 aliphatic carbocycles. The maximum Gasteiger partial charge on any atom is 0.335 e. The smallest absolute Gasteiger partial charge is 0.335 e.